The van der Waals surface area contributed by atoms with Gasteiger partial charge >= 0.3 is 0 Å². The fourth-order valence-corrected chi connectivity index (χ4v) is 3.59. The fraction of sp³-hybridized carbons (Fsp3) is 0.533. The van der Waals surface area contributed by atoms with E-state index < -0.39 is 10.0 Å². The van der Waals surface area contributed by atoms with Crippen molar-refractivity contribution in [2.24, 2.45) is 0 Å². The van der Waals surface area contributed by atoms with Gasteiger partial charge in [0, 0.05) is 31.7 Å². The highest BCUT2D eigenvalue weighted by Gasteiger charge is 2.28. The summed E-state index contributed by atoms with van der Waals surface area (Å²) in [4.78, 5) is 14.3. The zero-order valence-corrected chi connectivity index (χ0v) is 13.6. The molecule has 0 saturated carbocycles. The molecule has 1 amide bonds. The summed E-state index contributed by atoms with van der Waals surface area (Å²) >= 11 is 0. The molecule has 2 rings (SSSR count). The molecular formula is C15H22N2O3S. The van der Waals surface area contributed by atoms with Crippen LogP contribution in [0.25, 0.3) is 0 Å². The number of carbonyl (C=O) groups is 1. The van der Waals surface area contributed by atoms with Gasteiger partial charge in [-0.1, -0.05) is 12.1 Å². The average molecular weight is 310 g/mol. The van der Waals surface area contributed by atoms with Gasteiger partial charge in [0.2, 0.25) is 10.0 Å². The number of aryl methyl sites for hydroxylation is 1. The van der Waals surface area contributed by atoms with Crippen LogP contribution in [0.2, 0.25) is 0 Å². The highest BCUT2D eigenvalue weighted by Crippen LogP contribution is 2.17. The molecule has 0 spiro atoms. The van der Waals surface area contributed by atoms with Gasteiger partial charge in [-0.25, -0.2) is 8.42 Å². The smallest absolute Gasteiger partial charge is 0.254 e. The Balaban J connectivity index is 2.09. The average Bonchev–Trinajstić information content (AvgIpc) is 2.49. The molecule has 1 saturated heterocycles. The van der Waals surface area contributed by atoms with Gasteiger partial charge in [-0.2, -0.15) is 4.31 Å². The third-order valence-electron chi connectivity index (χ3n) is 4.12. The van der Waals surface area contributed by atoms with Crippen molar-refractivity contribution < 1.29 is 13.2 Å². The van der Waals surface area contributed by atoms with Crippen LogP contribution in [0.5, 0.6) is 0 Å². The van der Waals surface area contributed by atoms with Crippen LogP contribution in [0.3, 0.4) is 0 Å². The first kappa shape index (κ1) is 16.0. The molecule has 6 heteroatoms. The second-order valence-corrected chi connectivity index (χ2v) is 7.60. The first-order valence-corrected chi connectivity index (χ1v) is 8.81. The van der Waals surface area contributed by atoms with Crippen molar-refractivity contribution in [3.05, 3.63) is 34.9 Å². The summed E-state index contributed by atoms with van der Waals surface area (Å²) in [5.41, 5.74) is 2.79. The lowest BCUT2D eigenvalue weighted by Gasteiger charge is -2.34. The first-order valence-electron chi connectivity index (χ1n) is 7.20. The Kier molecular flexibility index (Phi) is 4.68. The van der Waals surface area contributed by atoms with E-state index in [1.807, 2.05) is 32.0 Å². The Morgan fingerprint density at radius 3 is 2.33 bits per heavy atom. The van der Waals surface area contributed by atoms with Crippen molar-refractivity contribution in [2.75, 3.05) is 31.9 Å². The quantitative estimate of drug-likeness (QED) is 0.848. The molecule has 0 radical (unpaired) electrons. The molecule has 0 aliphatic carbocycles. The number of hydrogen-bond acceptors (Lipinski definition) is 3. The van der Waals surface area contributed by atoms with Gasteiger partial charge in [-0.3, -0.25) is 4.79 Å². The van der Waals surface area contributed by atoms with Gasteiger partial charge in [0.1, 0.15) is 0 Å². The number of carbonyl (C=O) groups excluding carboxylic acids is 1. The van der Waals surface area contributed by atoms with E-state index in [-0.39, 0.29) is 11.7 Å². The number of rotatable bonds is 3. The van der Waals surface area contributed by atoms with Crippen molar-refractivity contribution in [2.45, 2.75) is 20.8 Å². The summed E-state index contributed by atoms with van der Waals surface area (Å²) in [6, 6.07) is 5.70. The first-order chi connectivity index (χ1) is 9.86. The van der Waals surface area contributed by atoms with Crippen molar-refractivity contribution in [1.82, 2.24) is 9.21 Å². The molecule has 1 heterocycles. The molecule has 0 unspecified atom stereocenters. The summed E-state index contributed by atoms with van der Waals surface area (Å²) in [6.07, 6.45) is 0. The van der Waals surface area contributed by atoms with Gasteiger partial charge < -0.3 is 4.90 Å². The molecule has 1 aromatic carbocycles. The van der Waals surface area contributed by atoms with E-state index in [4.69, 9.17) is 0 Å². The van der Waals surface area contributed by atoms with Gasteiger partial charge in [0.25, 0.3) is 5.91 Å². The van der Waals surface area contributed by atoms with Crippen LogP contribution in [0, 0.1) is 13.8 Å². The maximum absolute atomic E-state index is 12.6. The SMILES string of the molecule is CCS(=O)(=O)N1CCN(C(=O)c2cccc(C)c2C)CC1. The normalized spacial score (nSPS) is 17.0. The van der Waals surface area contributed by atoms with Crippen molar-refractivity contribution in [3.63, 3.8) is 0 Å². The number of hydrogen-bond donors (Lipinski definition) is 0. The van der Waals surface area contributed by atoms with Crippen LogP contribution in [0.1, 0.15) is 28.4 Å². The molecule has 1 aliphatic heterocycles. The lowest BCUT2D eigenvalue weighted by molar-refractivity contribution is 0.0697. The van der Waals surface area contributed by atoms with Crippen LogP contribution >= 0.6 is 0 Å². The molecule has 1 aliphatic rings. The van der Waals surface area contributed by atoms with E-state index in [0.29, 0.717) is 31.7 Å². The molecule has 0 atom stereocenters. The van der Waals surface area contributed by atoms with E-state index >= 15 is 0 Å². The molecule has 0 N–H and O–H groups in total. The van der Waals surface area contributed by atoms with Crippen LogP contribution in [0.4, 0.5) is 0 Å². The van der Waals surface area contributed by atoms with Crippen molar-refractivity contribution in [3.8, 4) is 0 Å². The number of amides is 1. The van der Waals surface area contributed by atoms with Gasteiger partial charge in [0.15, 0.2) is 0 Å². The van der Waals surface area contributed by atoms with E-state index in [1.54, 1.807) is 11.8 Å². The topological polar surface area (TPSA) is 57.7 Å². The van der Waals surface area contributed by atoms with Crippen LogP contribution in [-0.2, 0) is 10.0 Å². The lowest BCUT2D eigenvalue weighted by Crippen LogP contribution is -2.51. The number of nitrogens with zero attached hydrogens (tertiary/aromatic N) is 2. The van der Waals surface area contributed by atoms with Crippen molar-refractivity contribution >= 4 is 15.9 Å². The monoisotopic (exact) mass is 310 g/mol. The highest BCUT2D eigenvalue weighted by atomic mass is 32.2. The van der Waals surface area contributed by atoms with Gasteiger partial charge in [-0.05, 0) is 38.0 Å². The maximum atomic E-state index is 12.6. The molecular weight excluding hydrogens is 288 g/mol. The largest absolute Gasteiger partial charge is 0.336 e. The molecule has 1 fully saturated rings. The molecule has 5 nitrogen and oxygen atoms in total. The van der Waals surface area contributed by atoms with Gasteiger partial charge in [0.05, 0.1) is 5.75 Å². The Labute approximate surface area is 126 Å². The number of piperazine rings is 1. The summed E-state index contributed by atoms with van der Waals surface area (Å²) in [6.45, 7) is 7.23. The summed E-state index contributed by atoms with van der Waals surface area (Å²) < 4.78 is 25.1. The highest BCUT2D eigenvalue weighted by molar-refractivity contribution is 7.89. The molecule has 1 aromatic rings. The zero-order valence-electron chi connectivity index (χ0n) is 12.8. The van der Waals surface area contributed by atoms with E-state index in [1.165, 1.54) is 4.31 Å². The van der Waals surface area contributed by atoms with E-state index in [0.717, 1.165) is 11.1 Å². The Hall–Kier alpha value is -1.40. The Morgan fingerprint density at radius 2 is 1.76 bits per heavy atom. The van der Waals surface area contributed by atoms with E-state index in [2.05, 4.69) is 0 Å². The van der Waals surface area contributed by atoms with Crippen LogP contribution < -0.4 is 0 Å². The number of benzene rings is 1. The molecule has 0 bridgehead atoms. The van der Waals surface area contributed by atoms with E-state index in [9.17, 15) is 13.2 Å². The lowest BCUT2D eigenvalue weighted by atomic mass is 10.0. The summed E-state index contributed by atoms with van der Waals surface area (Å²) in [5, 5.41) is 0. The summed E-state index contributed by atoms with van der Waals surface area (Å²) in [7, 11) is -3.15. The predicted molar refractivity (Wildman–Crippen MR) is 82.9 cm³/mol. The van der Waals surface area contributed by atoms with Crippen molar-refractivity contribution in [1.29, 1.82) is 0 Å². The number of sulfonamides is 1. The fourth-order valence-electron chi connectivity index (χ4n) is 2.51. The molecule has 0 aromatic heterocycles. The minimum absolute atomic E-state index is 0.00949. The third-order valence-corrected chi connectivity index (χ3v) is 6.00. The zero-order chi connectivity index (χ0) is 15.6. The maximum Gasteiger partial charge on any atom is 0.254 e. The van der Waals surface area contributed by atoms with Crippen LogP contribution in [0.15, 0.2) is 18.2 Å². The molecule has 116 valence electrons. The standard InChI is InChI=1S/C15H22N2O3S/c1-4-21(19,20)17-10-8-16(9-11-17)15(18)14-7-5-6-12(2)13(14)3/h5-7H,4,8-11H2,1-3H3. The Morgan fingerprint density at radius 1 is 1.14 bits per heavy atom. The predicted octanol–water partition coefficient (Wildman–Crippen LogP) is 1.41. The molecule has 21 heavy (non-hydrogen) atoms. The second-order valence-electron chi connectivity index (χ2n) is 5.34. The van der Waals surface area contributed by atoms with Gasteiger partial charge in [-0.15, -0.1) is 0 Å². The summed E-state index contributed by atoms with van der Waals surface area (Å²) in [5.74, 6) is 0.0996. The second kappa shape index (κ2) is 6.15. The minimum Gasteiger partial charge on any atom is -0.336 e. The van der Waals surface area contributed by atoms with Crippen LogP contribution in [-0.4, -0.2) is 55.5 Å². The third kappa shape index (κ3) is 3.27. The minimum atomic E-state index is -3.15. The Bertz CT molecular complexity index is 632.